The molecule has 0 fully saturated rings. The monoisotopic (exact) mass is 411 g/mol. The Kier molecular flexibility index (Phi) is 9.70. The number of nitrogens with zero attached hydrogens (tertiary/aromatic N) is 1. The molecule has 0 aromatic carbocycles. The van der Waals surface area contributed by atoms with Gasteiger partial charge in [-0.05, 0) is 0 Å². The summed E-state index contributed by atoms with van der Waals surface area (Å²) in [6, 6.07) is 4.97. The fourth-order valence-electron chi connectivity index (χ4n) is 3.58. The van der Waals surface area contributed by atoms with Crippen molar-refractivity contribution in [2.75, 3.05) is 0 Å². The van der Waals surface area contributed by atoms with Gasteiger partial charge in [-0.25, -0.2) is 0 Å². The molecule has 0 amide bonds. The molecule has 22 heavy (non-hydrogen) atoms. The van der Waals surface area contributed by atoms with E-state index in [1.54, 1.807) is 16.9 Å². The molecule has 0 N–H and O–H groups in total. The number of unbranched alkanes of at least 4 members (excludes halogenated alkanes) is 3. The first-order chi connectivity index (χ1) is 10.6. The minimum absolute atomic E-state index is 1.08. The van der Waals surface area contributed by atoms with Crippen LogP contribution in [-0.2, 0) is 6.42 Å². The average Bonchev–Trinajstić information content (AvgIpc) is 2.54. The van der Waals surface area contributed by atoms with Gasteiger partial charge in [0.2, 0.25) is 0 Å². The standard InChI is InChI=1S/C8H10N.3C4H9.Sn/c1-3-8-6-4-5-7(2)9-8;3*1-3-4-2;/h5-6H,3H2,1-2H3;3*1,3-4H2,2H3;. The maximum absolute atomic E-state index is 4.74. The van der Waals surface area contributed by atoms with E-state index in [1.165, 1.54) is 49.9 Å². The summed E-state index contributed by atoms with van der Waals surface area (Å²) in [5.74, 6) is 0. The summed E-state index contributed by atoms with van der Waals surface area (Å²) in [6.45, 7) is 11.5. The molecule has 0 bridgehead atoms. The number of hydrogen-bond donors (Lipinski definition) is 0. The Bertz CT molecular complexity index is 406. The molecule has 0 spiro atoms. The molecule has 1 rings (SSSR count). The van der Waals surface area contributed by atoms with Crippen molar-refractivity contribution in [1.29, 1.82) is 0 Å². The Morgan fingerprint density at radius 3 is 1.73 bits per heavy atom. The molecule has 0 aliphatic carbocycles. The summed E-state index contributed by atoms with van der Waals surface area (Å²) < 4.78 is 6.45. The Morgan fingerprint density at radius 1 is 0.818 bits per heavy atom. The van der Waals surface area contributed by atoms with Crippen LogP contribution in [0.5, 0.6) is 0 Å². The van der Waals surface area contributed by atoms with E-state index in [0.29, 0.717) is 0 Å². The normalized spacial score (nSPS) is 11.9. The zero-order chi connectivity index (χ0) is 16.4. The SMILES string of the molecule is CCC[CH2][Sn]([CH2]CCC)([CH2]CCC)[c]1cc(C)nc(CC)c1. The van der Waals surface area contributed by atoms with E-state index in [2.05, 4.69) is 46.8 Å². The average molecular weight is 410 g/mol. The van der Waals surface area contributed by atoms with Gasteiger partial charge in [-0.2, -0.15) is 0 Å². The third kappa shape index (κ3) is 5.86. The molecule has 0 aliphatic heterocycles. The van der Waals surface area contributed by atoms with Crippen LogP contribution in [0.2, 0.25) is 13.3 Å². The van der Waals surface area contributed by atoms with Crippen molar-refractivity contribution < 1.29 is 0 Å². The molecule has 1 aromatic heterocycles. The summed E-state index contributed by atoms with van der Waals surface area (Å²) >= 11 is -2.25. The fourth-order valence-corrected chi connectivity index (χ4v) is 19.8. The first kappa shape index (κ1) is 20.0. The van der Waals surface area contributed by atoms with Gasteiger partial charge >= 0.3 is 143 Å². The number of pyridine rings is 1. The summed E-state index contributed by atoms with van der Waals surface area (Å²) in [5.41, 5.74) is 2.57. The molecule has 0 radical (unpaired) electrons. The minimum atomic E-state index is -2.25. The van der Waals surface area contributed by atoms with E-state index < -0.39 is 18.4 Å². The van der Waals surface area contributed by atoms with Crippen molar-refractivity contribution in [2.45, 2.75) is 92.9 Å². The van der Waals surface area contributed by atoms with Gasteiger partial charge in [0, 0.05) is 0 Å². The van der Waals surface area contributed by atoms with Gasteiger partial charge in [-0.15, -0.1) is 0 Å². The maximum atomic E-state index is 4.74. The second-order valence-corrected chi connectivity index (χ2v) is 20.2. The number of aromatic nitrogens is 1. The van der Waals surface area contributed by atoms with Crippen LogP contribution in [-0.4, -0.2) is 23.4 Å². The van der Waals surface area contributed by atoms with E-state index in [1.807, 2.05) is 0 Å². The van der Waals surface area contributed by atoms with Crippen LogP contribution in [0, 0.1) is 6.92 Å². The van der Waals surface area contributed by atoms with E-state index in [4.69, 9.17) is 4.98 Å². The molecule has 1 nitrogen and oxygen atoms in total. The quantitative estimate of drug-likeness (QED) is 0.408. The number of hydrogen-bond acceptors (Lipinski definition) is 1. The van der Waals surface area contributed by atoms with Crippen molar-refractivity contribution in [1.82, 2.24) is 4.98 Å². The second kappa shape index (κ2) is 10.7. The zero-order valence-electron chi connectivity index (χ0n) is 15.7. The van der Waals surface area contributed by atoms with Crippen LogP contribution in [0.15, 0.2) is 12.1 Å². The van der Waals surface area contributed by atoms with Crippen LogP contribution in [0.4, 0.5) is 0 Å². The summed E-state index contributed by atoms with van der Waals surface area (Å²) in [7, 11) is 0. The van der Waals surface area contributed by atoms with Crippen LogP contribution < -0.4 is 3.58 Å². The Morgan fingerprint density at radius 2 is 1.32 bits per heavy atom. The molecule has 0 saturated carbocycles. The zero-order valence-corrected chi connectivity index (χ0v) is 18.5. The van der Waals surface area contributed by atoms with Gasteiger partial charge in [0.25, 0.3) is 0 Å². The van der Waals surface area contributed by atoms with E-state index in [0.717, 1.165) is 6.42 Å². The molecule has 0 atom stereocenters. The van der Waals surface area contributed by atoms with E-state index in [-0.39, 0.29) is 0 Å². The molecule has 1 aromatic rings. The Labute approximate surface area is 143 Å². The van der Waals surface area contributed by atoms with Crippen molar-refractivity contribution in [3.63, 3.8) is 0 Å². The molecule has 126 valence electrons. The topological polar surface area (TPSA) is 12.9 Å². The number of aryl methyl sites for hydroxylation is 2. The molecule has 0 saturated heterocycles. The van der Waals surface area contributed by atoms with Crippen LogP contribution in [0.1, 0.15) is 77.6 Å². The van der Waals surface area contributed by atoms with Crippen LogP contribution in [0.3, 0.4) is 0 Å². The fraction of sp³-hybridized carbons (Fsp3) is 0.750. The van der Waals surface area contributed by atoms with Gasteiger partial charge < -0.3 is 0 Å². The van der Waals surface area contributed by atoms with Crippen molar-refractivity contribution in [3.05, 3.63) is 23.5 Å². The first-order valence-corrected chi connectivity index (χ1v) is 17.1. The Hall–Kier alpha value is -0.0513. The Balaban J connectivity index is 3.20. The van der Waals surface area contributed by atoms with Gasteiger partial charge in [0.15, 0.2) is 0 Å². The third-order valence-electron chi connectivity index (χ3n) is 5.01. The molecular weight excluding hydrogens is 373 g/mol. The van der Waals surface area contributed by atoms with Crippen molar-refractivity contribution in [2.24, 2.45) is 0 Å². The van der Waals surface area contributed by atoms with Crippen molar-refractivity contribution in [3.8, 4) is 0 Å². The molecule has 2 heteroatoms. The number of rotatable bonds is 11. The van der Waals surface area contributed by atoms with Gasteiger partial charge in [-0.1, -0.05) is 0 Å². The summed E-state index contributed by atoms with van der Waals surface area (Å²) in [4.78, 5) is 4.74. The van der Waals surface area contributed by atoms with Crippen molar-refractivity contribution >= 4 is 22.0 Å². The summed E-state index contributed by atoms with van der Waals surface area (Å²) in [6.07, 6.45) is 9.43. The van der Waals surface area contributed by atoms with Crippen LogP contribution >= 0.6 is 0 Å². The van der Waals surface area contributed by atoms with Crippen LogP contribution in [0.25, 0.3) is 0 Å². The van der Waals surface area contributed by atoms with E-state index in [9.17, 15) is 0 Å². The summed E-state index contributed by atoms with van der Waals surface area (Å²) in [5, 5.41) is 0. The van der Waals surface area contributed by atoms with Gasteiger partial charge in [0.05, 0.1) is 0 Å². The third-order valence-corrected chi connectivity index (χ3v) is 20.5. The molecule has 0 unspecified atom stereocenters. The molecular formula is C20H37NSn. The predicted molar refractivity (Wildman–Crippen MR) is 103 cm³/mol. The molecule has 0 aliphatic rings. The second-order valence-electron chi connectivity index (χ2n) is 6.93. The van der Waals surface area contributed by atoms with E-state index >= 15 is 0 Å². The van der Waals surface area contributed by atoms with Gasteiger partial charge in [0.1, 0.15) is 0 Å². The molecule has 1 heterocycles. The van der Waals surface area contributed by atoms with Gasteiger partial charge in [-0.3, -0.25) is 0 Å². The first-order valence-electron chi connectivity index (χ1n) is 9.59. The predicted octanol–water partition coefficient (Wildman–Crippen LogP) is 6.01.